The third-order valence-electron chi connectivity index (χ3n) is 5.73. The van der Waals surface area contributed by atoms with E-state index in [1.165, 1.54) is 13.0 Å². The number of ketones is 1. The first-order valence-electron chi connectivity index (χ1n) is 10.6. The van der Waals surface area contributed by atoms with Crippen LogP contribution >= 0.6 is 23.8 Å². The lowest BCUT2D eigenvalue weighted by Gasteiger charge is -2.36. The second-order valence-electron chi connectivity index (χ2n) is 7.95. The summed E-state index contributed by atoms with van der Waals surface area (Å²) in [6, 6.07) is 12.0. The average Bonchev–Trinajstić information content (AvgIpc) is 3.07. The molecule has 0 radical (unpaired) electrons. The molecule has 0 saturated carbocycles. The number of rotatable bonds is 7. The van der Waals surface area contributed by atoms with Gasteiger partial charge in [-0.25, -0.2) is 9.07 Å². The zero-order chi connectivity index (χ0) is 23.5. The van der Waals surface area contributed by atoms with E-state index in [0.29, 0.717) is 52.4 Å². The summed E-state index contributed by atoms with van der Waals surface area (Å²) in [5.74, 6) is 0.783. The number of aromatic nitrogens is 3. The maximum atomic E-state index is 14.5. The van der Waals surface area contributed by atoms with Crippen molar-refractivity contribution in [1.82, 2.24) is 19.2 Å². The highest BCUT2D eigenvalue weighted by molar-refractivity contribution is 7.71. The number of ether oxygens (including phenoxy) is 1. The highest BCUT2D eigenvalue weighted by atomic mass is 35.5. The number of halogens is 2. The Morgan fingerprint density at radius 3 is 2.58 bits per heavy atom. The van der Waals surface area contributed by atoms with Crippen molar-refractivity contribution in [3.63, 3.8) is 0 Å². The lowest BCUT2D eigenvalue weighted by molar-refractivity contribution is 0.101. The molecule has 0 aliphatic carbocycles. The second-order valence-corrected chi connectivity index (χ2v) is 8.72. The van der Waals surface area contributed by atoms with Gasteiger partial charge in [0, 0.05) is 38.8 Å². The van der Waals surface area contributed by atoms with Crippen LogP contribution in [0.2, 0.25) is 5.02 Å². The molecule has 1 fully saturated rings. The lowest BCUT2D eigenvalue weighted by Crippen LogP contribution is -2.47. The van der Waals surface area contributed by atoms with Crippen LogP contribution in [0.5, 0.6) is 5.75 Å². The van der Waals surface area contributed by atoms with Crippen molar-refractivity contribution in [2.24, 2.45) is 7.05 Å². The van der Waals surface area contributed by atoms with Gasteiger partial charge in [0.1, 0.15) is 18.2 Å². The maximum absolute atomic E-state index is 14.5. The summed E-state index contributed by atoms with van der Waals surface area (Å²) in [4.78, 5) is 15.7. The molecule has 174 valence electrons. The molecule has 1 aromatic heterocycles. The van der Waals surface area contributed by atoms with Gasteiger partial charge in [0.25, 0.3) is 0 Å². The number of piperazine rings is 1. The number of carbonyl (C=O) groups is 1. The number of anilines is 1. The Morgan fingerprint density at radius 1 is 1.18 bits per heavy atom. The zero-order valence-corrected chi connectivity index (χ0v) is 20.1. The van der Waals surface area contributed by atoms with Crippen LogP contribution < -0.4 is 9.64 Å². The van der Waals surface area contributed by atoms with Gasteiger partial charge < -0.3 is 14.2 Å². The zero-order valence-electron chi connectivity index (χ0n) is 18.5. The molecular weight excluding hydrogens is 465 g/mol. The number of carbonyl (C=O) groups excluding carboxylic acids is 1. The molecule has 0 bridgehead atoms. The first kappa shape index (κ1) is 23.4. The van der Waals surface area contributed by atoms with Crippen molar-refractivity contribution >= 4 is 35.3 Å². The Morgan fingerprint density at radius 2 is 1.91 bits per heavy atom. The molecule has 4 rings (SSSR count). The summed E-state index contributed by atoms with van der Waals surface area (Å²) in [5.41, 5.74) is 0.904. The first-order chi connectivity index (χ1) is 15.8. The summed E-state index contributed by atoms with van der Waals surface area (Å²) in [7, 11) is 1.86. The third kappa shape index (κ3) is 5.26. The molecule has 1 aliphatic rings. The summed E-state index contributed by atoms with van der Waals surface area (Å²) in [6.45, 7) is 5.02. The van der Waals surface area contributed by atoms with Crippen molar-refractivity contribution in [3.8, 4) is 5.75 Å². The predicted molar refractivity (Wildman–Crippen MR) is 128 cm³/mol. The molecule has 0 spiro atoms. The van der Waals surface area contributed by atoms with Crippen molar-refractivity contribution in [1.29, 1.82) is 0 Å². The molecule has 33 heavy (non-hydrogen) atoms. The molecule has 3 aromatic rings. The van der Waals surface area contributed by atoms with Gasteiger partial charge in [-0.05, 0) is 49.5 Å². The fourth-order valence-electron chi connectivity index (χ4n) is 3.76. The number of hydrogen-bond donors (Lipinski definition) is 0. The van der Waals surface area contributed by atoms with Gasteiger partial charge in [-0.1, -0.05) is 23.7 Å². The Hall–Kier alpha value is -2.75. The molecule has 0 unspecified atom stereocenters. The highest BCUT2D eigenvalue weighted by Crippen LogP contribution is 2.24. The predicted octanol–water partition coefficient (Wildman–Crippen LogP) is 4.30. The number of benzene rings is 2. The van der Waals surface area contributed by atoms with Gasteiger partial charge in [0.2, 0.25) is 0 Å². The monoisotopic (exact) mass is 489 g/mol. The van der Waals surface area contributed by atoms with Gasteiger partial charge in [-0.3, -0.25) is 9.69 Å². The lowest BCUT2D eigenvalue weighted by atomic mass is 10.1. The minimum absolute atomic E-state index is 0.144. The topological polar surface area (TPSA) is 55.5 Å². The van der Waals surface area contributed by atoms with E-state index in [1.54, 1.807) is 22.9 Å². The third-order valence-corrected chi connectivity index (χ3v) is 6.52. The van der Waals surface area contributed by atoms with Crippen molar-refractivity contribution in [2.45, 2.75) is 20.2 Å². The van der Waals surface area contributed by atoms with Crippen molar-refractivity contribution in [3.05, 3.63) is 69.5 Å². The standard InChI is InChI=1S/C23H25ClFN5O2S/c1-16(31)17-7-8-20(19(25)13-17)29-11-9-28(10-12-29)15-30-23(33)27(2)22(26-30)14-32-21-6-4-3-5-18(21)24/h3-8,13H,9-12,14-15H2,1-2H3. The van der Waals surface area contributed by atoms with Crippen LogP contribution in [0.15, 0.2) is 42.5 Å². The molecule has 1 saturated heterocycles. The van der Waals surface area contributed by atoms with E-state index in [4.69, 9.17) is 28.6 Å². The van der Waals surface area contributed by atoms with Gasteiger partial charge in [0.05, 0.1) is 17.4 Å². The number of nitrogens with zero attached hydrogens (tertiary/aromatic N) is 5. The van der Waals surface area contributed by atoms with Gasteiger partial charge in [-0.15, -0.1) is 0 Å². The minimum Gasteiger partial charge on any atom is -0.484 e. The van der Waals surface area contributed by atoms with Crippen LogP contribution in [0.25, 0.3) is 0 Å². The molecule has 2 heterocycles. The van der Waals surface area contributed by atoms with E-state index in [2.05, 4.69) is 10.00 Å². The van der Waals surface area contributed by atoms with E-state index in [-0.39, 0.29) is 18.2 Å². The van der Waals surface area contributed by atoms with Crippen LogP contribution in [0.1, 0.15) is 23.1 Å². The van der Waals surface area contributed by atoms with Crippen molar-refractivity contribution in [2.75, 3.05) is 31.1 Å². The second kappa shape index (κ2) is 10.0. The van der Waals surface area contributed by atoms with Crippen LogP contribution in [0.4, 0.5) is 10.1 Å². The number of para-hydroxylation sites is 1. The van der Waals surface area contributed by atoms with E-state index in [1.807, 2.05) is 34.7 Å². The Labute approximate surface area is 201 Å². The summed E-state index contributed by atoms with van der Waals surface area (Å²) >= 11 is 11.7. The Bertz CT molecular complexity index is 1220. The minimum atomic E-state index is -0.369. The molecule has 0 amide bonds. The first-order valence-corrected chi connectivity index (χ1v) is 11.4. The van der Waals surface area contributed by atoms with E-state index >= 15 is 0 Å². The summed E-state index contributed by atoms with van der Waals surface area (Å²) in [5, 5.41) is 5.17. The van der Waals surface area contributed by atoms with Crippen LogP contribution in [-0.2, 0) is 20.3 Å². The van der Waals surface area contributed by atoms with E-state index in [0.717, 1.165) is 13.1 Å². The van der Waals surface area contributed by atoms with Crippen LogP contribution in [0.3, 0.4) is 0 Å². The molecular formula is C23H25ClFN5O2S. The summed E-state index contributed by atoms with van der Waals surface area (Å²) in [6.07, 6.45) is 0. The highest BCUT2D eigenvalue weighted by Gasteiger charge is 2.21. The van der Waals surface area contributed by atoms with Crippen LogP contribution in [0, 0.1) is 10.6 Å². The van der Waals surface area contributed by atoms with Gasteiger partial charge in [0.15, 0.2) is 16.4 Å². The fraction of sp³-hybridized carbons (Fsp3) is 0.348. The molecule has 0 N–H and O–H groups in total. The molecule has 1 aliphatic heterocycles. The largest absolute Gasteiger partial charge is 0.484 e. The normalized spacial score (nSPS) is 14.5. The quantitative estimate of drug-likeness (QED) is 0.364. The summed E-state index contributed by atoms with van der Waals surface area (Å²) < 4.78 is 24.5. The SMILES string of the molecule is CC(=O)c1ccc(N2CCN(Cn3nc(COc4ccccc4Cl)n(C)c3=S)CC2)c(F)c1. The maximum Gasteiger partial charge on any atom is 0.198 e. The number of Topliss-reactive ketones (excluding diaryl/α,β-unsaturated/α-hetero) is 1. The average molecular weight is 490 g/mol. The van der Waals surface area contributed by atoms with Gasteiger partial charge >= 0.3 is 0 Å². The van der Waals surface area contributed by atoms with Crippen molar-refractivity contribution < 1.29 is 13.9 Å². The smallest absolute Gasteiger partial charge is 0.198 e. The van der Waals surface area contributed by atoms with Gasteiger partial charge in [-0.2, -0.15) is 5.10 Å². The van der Waals surface area contributed by atoms with E-state index in [9.17, 15) is 9.18 Å². The molecule has 10 heteroatoms. The number of hydrogen-bond acceptors (Lipinski definition) is 6. The Kier molecular flexibility index (Phi) is 7.11. The fourth-order valence-corrected chi connectivity index (χ4v) is 4.15. The Balaban J connectivity index is 1.37. The molecule has 0 atom stereocenters. The molecule has 2 aromatic carbocycles. The van der Waals surface area contributed by atoms with Crippen LogP contribution in [-0.4, -0.2) is 51.2 Å². The molecule has 7 nitrogen and oxygen atoms in total. The van der Waals surface area contributed by atoms with E-state index < -0.39 is 0 Å².